The minimum Gasteiger partial charge on any atom is -0.273 e. The molecule has 2 aromatic rings. The van der Waals surface area contributed by atoms with Crippen LogP contribution in [0.15, 0.2) is 27.9 Å². The van der Waals surface area contributed by atoms with Crippen molar-refractivity contribution in [1.29, 1.82) is 5.26 Å². The van der Waals surface area contributed by atoms with E-state index in [0.717, 1.165) is 25.6 Å². The van der Waals surface area contributed by atoms with Gasteiger partial charge in [-0.2, -0.15) is 15.0 Å². The van der Waals surface area contributed by atoms with Gasteiger partial charge in [0.1, 0.15) is 18.0 Å². The van der Waals surface area contributed by atoms with Crippen molar-refractivity contribution in [3.8, 4) is 11.8 Å². The molecule has 0 saturated heterocycles. The van der Waals surface area contributed by atoms with E-state index in [2.05, 4.69) is 5.10 Å². The third-order valence-electron chi connectivity index (χ3n) is 3.58. The van der Waals surface area contributed by atoms with Crippen molar-refractivity contribution in [3.63, 3.8) is 0 Å². The maximum atomic E-state index is 14.5. The highest BCUT2D eigenvalue weighted by Crippen LogP contribution is 2.28. The molecule has 0 radical (unpaired) electrons. The fourth-order valence-corrected chi connectivity index (χ4v) is 3.26. The van der Waals surface area contributed by atoms with Crippen LogP contribution in [0.3, 0.4) is 0 Å². The summed E-state index contributed by atoms with van der Waals surface area (Å²) in [5, 5.41) is 12.8. The van der Waals surface area contributed by atoms with Crippen LogP contribution in [0.1, 0.15) is 18.9 Å². The molecule has 0 spiro atoms. The summed E-state index contributed by atoms with van der Waals surface area (Å²) in [5.41, 5.74) is -3.11. The lowest BCUT2D eigenvalue weighted by Gasteiger charge is -2.22. The lowest BCUT2D eigenvalue weighted by atomic mass is 10.1. The summed E-state index contributed by atoms with van der Waals surface area (Å²) in [6, 6.07) is 3.15. The Morgan fingerprint density at radius 1 is 1.37 bits per heavy atom. The predicted octanol–water partition coefficient (Wildman–Crippen LogP) is -0.355. The highest BCUT2D eigenvalue weighted by atomic mass is 32.2. The van der Waals surface area contributed by atoms with E-state index >= 15 is 0 Å². The van der Waals surface area contributed by atoms with Crippen molar-refractivity contribution in [2.75, 3.05) is 10.6 Å². The topological polar surface area (TPSA) is 135 Å². The van der Waals surface area contributed by atoms with Gasteiger partial charge in [0.05, 0.1) is 17.5 Å². The SMILES string of the molecule is CCC(=O)N(c1cc(-n2ncc(=O)n(C)c2=O)c(F)cc1C#N)S(C)(=O)=O. The zero-order valence-electron chi connectivity index (χ0n) is 14.5. The molecule has 1 aromatic heterocycles. The minimum absolute atomic E-state index is 0.206. The molecular weight excluding hydrogens is 381 g/mol. The molecule has 0 N–H and O–H groups in total. The monoisotopic (exact) mass is 395 g/mol. The van der Waals surface area contributed by atoms with E-state index in [9.17, 15) is 32.5 Å². The number of nitriles is 1. The molecule has 0 unspecified atom stereocenters. The molecule has 1 aromatic carbocycles. The Balaban J connectivity index is 2.90. The van der Waals surface area contributed by atoms with Crippen LogP contribution in [-0.4, -0.2) is 34.9 Å². The molecule has 1 amide bonds. The van der Waals surface area contributed by atoms with Gasteiger partial charge in [0, 0.05) is 13.5 Å². The number of aromatic nitrogens is 3. The first kappa shape index (κ1) is 20.0. The summed E-state index contributed by atoms with van der Waals surface area (Å²) in [4.78, 5) is 35.8. The number of carbonyl (C=O) groups is 1. The largest absolute Gasteiger partial charge is 0.352 e. The fraction of sp³-hybridized carbons (Fsp3) is 0.267. The summed E-state index contributed by atoms with van der Waals surface area (Å²) in [5.74, 6) is -1.92. The van der Waals surface area contributed by atoms with E-state index in [4.69, 9.17) is 0 Å². The van der Waals surface area contributed by atoms with Gasteiger partial charge in [0.25, 0.3) is 5.56 Å². The van der Waals surface area contributed by atoms with Crippen molar-refractivity contribution in [3.05, 3.63) is 50.5 Å². The Labute approximate surface area is 152 Å². The van der Waals surface area contributed by atoms with Crippen molar-refractivity contribution in [2.45, 2.75) is 13.3 Å². The summed E-state index contributed by atoms with van der Waals surface area (Å²) < 4.78 is 40.2. The molecule has 0 aliphatic rings. The van der Waals surface area contributed by atoms with Gasteiger partial charge in [-0.05, 0) is 12.1 Å². The number of carbonyl (C=O) groups excluding carboxylic acids is 1. The van der Waals surface area contributed by atoms with E-state index in [-0.39, 0.29) is 6.42 Å². The smallest absolute Gasteiger partial charge is 0.273 e. The van der Waals surface area contributed by atoms with Crippen molar-refractivity contribution in [2.24, 2.45) is 7.05 Å². The molecule has 142 valence electrons. The van der Waals surface area contributed by atoms with Gasteiger partial charge in [-0.1, -0.05) is 6.92 Å². The molecule has 0 aliphatic carbocycles. The zero-order chi connectivity index (χ0) is 20.5. The van der Waals surface area contributed by atoms with Gasteiger partial charge in [0.15, 0.2) is 5.82 Å². The van der Waals surface area contributed by atoms with Crippen LogP contribution in [0.4, 0.5) is 10.1 Å². The number of halogens is 1. The Hall–Kier alpha value is -3.33. The average molecular weight is 395 g/mol. The highest BCUT2D eigenvalue weighted by molar-refractivity contribution is 7.92. The third-order valence-corrected chi connectivity index (χ3v) is 4.64. The van der Waals surface area contributed by atoms with Crippen LogP contribution < -0.4 is 15.6 Å². The molecule has 0 aliphatic heterocycles. The summed E-state index contributed by atoms with van der Waals surface area (Å²) in [7, 11) is -3.00. The first-order valence-corrected chi connectivity index (χ1v) is 9.30. The lowest BCUT2D eigenvalue weighted by Crippen LogP contribution is -2.39. The van der Waals surface area contributed by atoms with Crippen LogP contribution in [-0.2, 0) is 21.9 Å². The number of nitrogens with zero attached hydrogens (tertiary/aromatic N) is 5. The number of hydrogen-bond acceptors (Lipinski definition) is 7. The van der Waals surface area contributed by atoms with E-state index in [1.807, 2.05) is 0 Å². The molecule has 0 atom stereocenters. The van der Waals surface area contributed by atoms with Gasteiger partial charge < -0.3 is 0 Å². The molecule has 12 heteroatoms. The summed E-state index contributed by atoms with van der Waals surface area (Å²) in [6.45, 7) is 1.41. The Kier molecular flexibility index (Phi) is 5.27. The Bertz CT molecular complexity index is 1190. The molecule has 0 fully saturated rings. The van der Waals surface area contributed by atoms with Crippen LogP contribution >= 0.6 is 0 Å². The van der Waals surface area contributed by atoms with E-state index in [1.54, 1.807) is 6.07 Å². The Morgan fingerprint density at radius 2 is 2.00 bits per heavy atom. The van der Waals surface area contributed by atoms with Gasteiger partial charge in [-0.25, -0.2) is 21.9 Å². The molecule has 27 heavy (non-hydrogen) atoms. The number of benzene rings is 1. The average Bonchev–Trinajstić information content (AvgIpc) is 2.60. The van der Waals surface area contributed by atoms with E-state index in [1.165, 1.54) is 6.92 Å². The maximum Gasteiger partial charge on any atom is 0.352 e. The maximum absolute atomic E-state index is 14.5. The van der Waals surface area contributed by atoms with Crippen LogP contribution in [0.25, 0.3) is 5.69 Å². The molecule has 2 rings (SSSR count). The normalized spacial score (nSPS) is 11.1. The van der Waals surface area contributed by atoms with Crippen LogP contribution in [0.5, 0.6) is 0 Å². The second-order valence-corrected chi connectivity index (χ2v) is 7.27. The second kappa shape index (κ2) is 7.12. The summed E-state index contributed by atoms with van der Waals surface area (Å²) >= 11 is 0. The molecule has 10 nitrogen and oxygen atoms in total. The van der Waals surface area contributed by atoms with E-state index < -0.39 is 49.9 Å². The first-order chi connectivity index (χ1) is 12.5. The highest BCUT2D eigenvalue weighted by Gasteiger charge is 2.28. The second-order valence-electron chi connectivity index (χ2n) is 5.44. The van der Waals surface area contributed by atoms with Crippen molar-refractivity contribution < 1.29 is 17.6 Å². The minimum atomic E-state index is -4.15. The van der Waals surface area contributed by atoms with Gasteiger partial charge in [-0.3, -0.25) is 14.2 Å². The quantitative estimate of drug-likeness (QED) is 0.690. The predicted molar refractivity (Wildman–Crippen MR) is 92.4 cm³/mol. The molecule has 0 saturated carbocycles. The fourth-order valence-electron chi connectivity index (χ4n) is 2.26. The number of amides is 1. The zero-order valence-corrected chi connectivity index (χ0v) is 15.3. The lowest BCUT2D eigenvalue weighted by molar-refractivity contribution is -0.117. The van der Waals surface area contributed by atoms with Crippen molar-refractivity contribution in [1.82, 2.24) is 14.3 Å². The number of anilines is 1. The number of rotatable bonds is 4. The van der Waals surface area contributed by atoms with Crippen molar-refractivity contribution >= 4 is 21.6 Å². The van der Waals surface area contributed by atoms with Gasteiger partial charge in [-0.15, -0.1) is 0 Å². The van der Waals surface area contributed by atoms with Crippen LogP contribution in [0.2, 0.25) is 0 Å². The standard InChI is InChI=1S/C15H14FN5O5S/c1-4-13(22)21(27(3,25)26)11-6-12(10(16)5-9(11)7-17)20-15(24)19(2)14(23)8-18-20/h5-6,8H,4H2,1-3H3. The van der Waals surface area contributed by atoms with Crippen LogP contribution in [0, 0.1) is 17.1 Å². The first-order valence-electron chi connectivity index (χ1n) is 7.45. The summed E-state index contributed by atoms with van der Waals surface area (Å²) in [6.07, 6.45) is 1.31. The van der Waals surface area contributed by atoms with E-state index in [0.29, 0.717) is 19.6 Å². The Morgan fingerprint density at radius 3 is 2.52 bits per heavy atom. The van der Waals surface area contributed by atoms with Gasteiger partial charge in [0.2, 0.25) is 15.9 Å². The number of hydrogen-bond donors (Lipinski definition) is 0. The van der Waals surface area contributed by atoms with Gasteiger partial charge >= 0.3 is 5.69 Å². The molecular formula is C15H14FN5O5S. The number of sulfonamides is 1. The molecule has 1 heterocycles. The molecule has 0 bridgehead atoms. The third kappa shape index (κ3) is 3.63.